The molecule has 2 fully saturated rings. The Kier molecular flexibility index (Phi) is 1.88. The summed E-state index contributed by atoms with van der Waals surface area (Å²) in [6.07, 6.45) is 9.64. The summed E-state index contributed by atoms with van der Waals surface area (Å²) >= 11 is 0. The minimum absolute atomic E-state index is 0.159. The van der Waals surface area contributed by atoms with Gasteiger partial charge in [0.1, 0.15) is 5.82 Å². The van der Waals surface area contributed by atoms with Crippen LogP contribution in [0.3, 0.4) is 0 Å². The van der Waals surface area contributed by atoms with Crippen LogP contribution >= 0.6 is 0 Å². The Bertz CT molecular complexity index is 509. The fourth-order valence-electron chi connectivity index (χ4n) is 3.84. The minimum Gasteiger partial charge on any atom is -0.207 e. The van der Waals surface area contributed by atoms with E-state index in [1.807, 2.05) is 12.1 Å². The van der Waals surface area contributed by atoms with Gasteiger partial charge in [0, 0.05) is 0 Å². The quantitative estimate of drug-likeness (QED) is 0.667. The van der Waals surface area contributed by atoms with Gasteiger partial charge in [-0.15, -0.1) is 0 Å². The summed E-state index contributed by atoms with van der Waals surface area (Å²) in [4.78, 5) is 0. The average Bonchev–Trinajstić information content (AvgIpc) is 2.74. The highest BCUT2D eigenvalue weighted by Crippen LogP contribution is 2.67. The monoisotopic (exact) mass is 226 g/mol. The Labute approximate surface area is 101 Å². The highest BCUT2D eigenvalue weighted by molar-refractivity contribution is 5.51. The Morgan fingerprint density at radius 1 is 1.18 bits per heavy atom. The Morgan fingerprint density at radius 3 is 2.71 bits per heavy atom. The van der Waals surface area contributed by atoms with Crippen LogP contribution in [0, 0.1) is 29.5 Å². The van der Waals surface area contributed by atoms with E-state index in [1.165, 1.54) is 25.0 Å². The van der Waals surface area contributed by atoms with Crippen molar-refractivity contribution in [3.63, 3.8) is 0 Å². The zero-order chi connectivity index (χ0) is 11.4. The molecule has 86 valence electrons. The van der Waals surface area contributed by atoms with Gasteiger partial charge in [0.15, 0.2) is 0 Å². The second-order valence-corrected chi connectivity index (χ2v) is 5.57. The van der Waals surface area contributed by atoms with E-state index in [0.717, 1.165) is 29.2 Å². The van der Waals surface area contributed by atoms with Crippen LogP contribution in [0.4, 0.5) is 4.39 Å². The van der Waals surface area contributed by atoms with Crippen LogP contribution in [0.1, 0.15) is 18.4 Å². The summed E-state index contributed by atoms with van der Waals surface area (Å²) in [6.45, 7) is 0. The number of allylic oxidation sites excluding steroid dienone is 3. The molecule has 4 rings (SSSR count). The van der Waals surface area contributed by atoms with Gasteiger partial charge in [0.05, 0.1) is 0 Å². The lowest BCUT2D eigenvalue weighted by molar-refractivity contribution is 0.497. The molecule has 0 radical (unpaired) electrons. The molecule has 0 unspecified atom stereocenters. The van der Waals surface area contributed by atoms with E-state index in [2.05, 4.69) is 18.2 Å². The van der Waals surface area contributed by atoms with Gasteiger partial charge in [-0.1, -0.05) is 35.9 Å². The first-order chi connectivity index (χ1) is 8.33. The minimum atomic E-state index is -0.159. The van der Waals surface area contributed by atoms with Crippen molar-refractivity contribution < 1.29 is 4.39 Å². The lowest BCUT2D eigenvalue weighted by atomic mass is 10.0. The fourth-order valence-corrected chi connectivity index (χ4v) is 3.84. The SMILES string of the molecule is Fc1ccc(/C=C/[C@@H]2[C@H]3C4=CC[C@@H](C4)[C@@H]23)cc1. The predicted molar refractivity (Wildman–Crippen MR) is 66.7 cm³/mol. The van der Waals surface area contributed by atoms with Crippen LogP contribution < -0.4 is 0 Å². The van der Waals surface area contributed by atoms with Crippen molar-refractivity contribution in [3.05, 3.63) is 53.4 Å². The smallest absolute Gasteiger partial charge is 0.123 e. The van der Waals surface area contributed by atoms with Crippen LogP contribution in [-0.4, -0.2) is 0 Å². The third-order valence-electron chi connectivity index (χ3n) is 4.67. The second-order valence-electron chi connectivity index (χ2n) is 5.57. The molecule has 17 heavy (non-hydrogen) atoms. The Morgan fingerprint density at radius 2 is 2.00 bits per heavy atom. The van der Waals surface area contributed by atoms with Crippen molar-refractivity contribution in [1.82, 2.24) is 0 Å². The molecule has 4 atom stereocenters. The summed E-state index contributed by atoms with van der Waals surface area (Å²) in [6, 6.07) is 6.75. The molecule has 3 aliphatic carbocycles. The molecule has 1 aromatic rings. The first kappa shape index (κ1) is 9.64. The summed E-state index contributed by atoms with van der Waals surface area (Å²) in [5.41, 5.74) is 2.83. The summed E-state index contributed by atoms with van der Waals surface area (Å²) in [7, 11) is 0. The molecule has 1 heteroatoms. The standard InChI is InChI=1S/C16H15F/c17-13-6-1-10(2-7-13)3-8-14-15-11-4-5-12(9-11)16(14)15/h1-4,6-8,12,14-16H,5,9H2/b8-3+/t12-,14+,15+,16-/m0/s1. The third kappa shape index (κ3) is 1.41. The zero-order valence-corrected chi connectivity index (χ0v) is 9.64. The van der Waals surface area contributed by atoms with Crippen LogP contribution in [-0.2, 0) is 0 Å². The lowest BCUT2D eigenvalue weighted by Crippen LogP contribution is -1.96. The molecule has 0 saturated heterocycles. The highest BCUT2D eigenvalue weighted by atomic mass is 19.1. The molecule has 0 amide bonds. The molecular formula is C16H15F. The zero-order valence-electron chi connectivity index (χ0n) is 9.64. The van der Waals surface area contributed by atoms with Gasteiger partial charge >= 0.3 is 0 Å². The highest BCUT2D eigenvalue weighted by Gasteiger charge is 2.60. The largest absolute Gasteiger partial charge is 0.207 e. The molecule has 2 bridgehead atoms. The topological polar surface area (TPSA) is 0 Å². The van der Waals surface area contributed by atoms with E-state index in [1.54, 1.807) is 5.57 Å². The molecule has 0 heterocycles. The van der Waals surface area contributed by atoms with E-state index in [0.29, 0.717) is 0 Å². The molecule has 0 aromatic heterocycles. The molecule has 3 aliphatic rings. The third-order valence-corrected chi connectivity index (χ3v) is 4.67. The van der Waals surface area contributed by atoms with Gasteiger partial charge in [-0.2, -0.15) is 0 Å². The normalized spacial score (nSPS) is 37.4. The van der Waals surface area contributed by atoms with E-state index in [9.17, 15) is 4.39 Å². The maximum absolute atomic E-state index is 12.8. The van der Waals surface area contributed by atoms with E-state index >= 15 is 0 Å². The number of halogens is 1. The second kappa shape index (κ2) is 3.32. The molecule has 2 saturated carbocycles. The predicted octanol–water partition coefficient (Wildman–Crippen LogP) is 4.05. The summed E-state index contributed by atoms with van der Waals surface area (Å²) in [5.74, 6) is 3.36. The van der Waals surface area contributed by atoms with Crippen LogP contribution in [0.5, 0.6) is 0 Å². The molecular weight excluding hydrogens is 211 g/mol. The van der Waals surface area contributed by atoms with E-state index in [4.69, 9.17) is 0 Å². The van der Waals surface area contributed by atoms with Crippen molar-refractivity contribution in [2.24, 2.45) is 23.7 Å². The van der Waals surface area contributed by atoms with Crippen molar-refractivity contribution in [3.8, 4) is 0 Å². The Hall–Kier alpha value is -1.37. The van der Waals surface area contributed by atoms with Gasteiger partial charge in [0.25, 0.3) is 0 Å². The van der Waals surface area contributed by atoms with Crippen LogP contribution in [0.15, 0.2) is 42.0 Å². The fraction of sp³-hybridized carbons (Fsp3) is 0.375. The lowest BCUT2D eigenvalue weighted by Gasteiger charge is -2.04. The van der Waals surface area contributed by atoms with Gasteiger partial charge < -0.3 is 0 Å². The Balaban J connectivity index is 1.50. The van der Waals surface area contributed by atoms with E-state index in [-0.39, 0.29) is 5.82 Å². The molecule has 0 spiro atoms. The first-order valence-corrected chi connectivity index (χ1v) is 6.45. The average molecular weight is 226 g/mol. The van der Waals surface area contributed by atoms with Gasteiger partial charge in [-0.05, 0) is 54.2 Å². The summed E-state index contributed by atoms with van der Waals surface area (Å²) < 4.78 is 12.8. The van der Waals surface area contributed by atoms with Gasteiger partial charge in [-0.3, -0.25) is 0 Å². The number of hydrogen-bond acceptors (Lipinski definition) is 0. The van der Waals surface area contributed by atoms with Crippen molar-refractivity contribution >= 4 is 6.08 Å². The first-order valence-electron chi connectivity index (χ1n) is 6.45. The van der Waals surface area contributed by atoms with Crippen LogP contribution in [0.25, 0.3) is 6.08 Å². The van der Waals surface area contributed by atoms with Crippen LogP contribution in [0.2, 0.25) is 0 Å². The van der Waals surface area contributed by atoms with Gasteiger partial charge in [-0.25, -0.2) is 4.39 Å². The van der Waals surface area contributed by atoms with Crippen molar-refractivity contribution in [2.45, 2.75) is 12.8 Å². The maximum atomic E-state index is 12.8. The van der Waals surface area contributed by atoms with Crippen molar-refractivity contribution in [2.75, 3.05) is 0 Å². The summed E-state index contributed by atoms with van der Waals surface area (Å²) in [5, 5.41) is 0. The molecule has 0 N–H and O–H groups in total. The number of benzene rings is 1. The van der Waals surface area contributed by atoms with E-state index < -0.39 is 0 Å². The van der Waals surface area contributed by atoms with Gasteiger partial charge in [0.2, 0.25) is 0 Å². The number of fused-ring (bicyclic) bond motifs is 5. The van der Waals surface area contributed by atoms with Crippen molar-refractivity contribution in [1.29, 1.82) is 0 Å². The molecule has 1 aromatic carbocycles. The number of hydrogen-bond donors (Lipinski definition) is 0. The number of rotatable bonds is 2. The molecule has 0 aliphatic heterocycles. The molecule has 0 nitrogen and oxygen atoms in total. The maximum Gasteiger partial charge on any atom is 0.123 e.